The van der Waals surface area contributed by atoms with Gasteiger partial charge in [-0.1, -0.05) is 6.07 Å². The van der Waals surface area contributed by atoms with Crippen molar-refractivity contribution < 1.29 is 14.0 Å². The molecule has 3 rings (SSSR count). The normalized spacial score (nSPS) is 14.8. The molecule has 2 aromatic rings. The Hall–Kier alpha value is -2.83. The van der Waals surface area contributed by atoms with Gasteiger partial charge in [0, 0.05) is 37.9 Å². The van der Waals surface area contributed by atoms with Gasteiger partial charge >= 0.3 is 6.03 Å². The van der Waals surface area contributed by atoms with E-state index >= 15 is 0 Å². The fraction of sp³-hybridized carbons (Fsp3) is 0.421. The number of nitrogens with one attached hydrogen (secondary N) is 2. The van der Waals surface area contributed by atoms with E-state index in [1.807, 2.05) is 18.2 Å². The first kappa shape index (κ1) is 18.0. The van der Waals surface area contributed by atoms with Crippen molar-refractivity contribution in [3.05, 3.63) is 54.2 Å². The van der Waals surface area contributed by atoms with Gasteiger partial charge in [0.25, 0.3) is 0 Å². The minimum atomic E-state index is -0.0664. The number of furan rings is 1. The molecule has 1 fully saturated rings. The molecular weight excluding hydrogens is 332 g/mol. The summed E-state index contributed by atoms with van der Waals surface area (Å²) < 4.78 is 5.21. The molecule has 7 heteroatoms. The highest BCUT2D eigenvalue weighted by Gasteiger charge is 2.27. The molecule has 2 N–H and O–H groups in total. The Morgan fingerprint density at radius 3 is 2.73 bits per heavy atom. The van der Waals surface area contributed by atoms with E-state index in [4.69, 9.17) is 4.42 Å². The number of amides is 3. The minimum Gasteiger partial charge on any atom is -0.467 e. The van der Waals surface area contributed by atoms with Crippen LogP contribution >= 0.6 is 0 Å². The molecule has 1 aliphatic rings. The van der Waals surface area contributed by atoms with Gasteiger partial charge in [-0.3, -0.25) is 9.78 Å². The molecule has 0 bridgehead atoms. The SMILES string of the molecule is O=C(NCc1ccco1)C1CCN(C(=O)NCCc2cccnc2)CC1. The zero-order chi connectivity index (χ0) is 18.2. The number of nitrogens with zero attached hydrogens (tertiary/aromatic N) is 2. The lowest BCUT2D eigenvalue weighted by Gasteiger charge is -2.31. The quantitative estimate of drug-likeness (QED) is 0.828. The highest BCUT2D eigenvalue weighted by Crippen LogP contribution is 2.17. The molecule has 0 spiro atoms. The maximum atomic E-state index is 12.2. The second-order valence-corrected chi connectivity index (χ2v) is 6.40. The summed E-state index contributed by atoms with van der Waals surface area (Å²) in [5, 5.41) is 5.83. The number of aromatic nitrogens is 1. The van der Waals surface area contributed by atoms with Crippen LogP contribution in [-0.4, -0.2) is 41.5 Å². The van der Waals surface area contributed by atoms with E-state index in [0.717, 1.165) is 17.7 Å². The molecule has 3 amide bonds. The lowest BCUT2D eigenvalue weighted by molar-refractivity contribution is -0.126. The number of piperidine rings is 1. The van der Waals surface area contributed by atoms with E-state index in [0.29, 0.717) is 39.0 Å². The van der Waals surface area contributed by atoms with Crippen molar-refractivity contribution in [2.75, 3.05) is 19.6 Å². The average Bonchev–Trinajstić information content (AvgIpc) is 3.20. The van der Waals surface area contributed by atoms with Crippen LogP contribution in [0.25, 0.3) is 0 Å². The summed E-state index contributed by atoms with van der Waals surface area (Å²) in [4.78, 5) is 30.3. The zero-order valence-corrected chi connectivity index (χ0v) is 14.7. The highest BCUT2D eigenvalue weighted by atomic mass is 16.3. The van der Waals surface area contributed by atoms with E-state index in [9.17, 15) is 9.59 Å². The predicted octanol–water partition coefficient (Wildman–Crippen LogP) is 1.96. The minimum absolute atomic E-state index is 0.0260. The molecule has 3 heterocycles. The monoisotopic (exact) mass is 356 g/mol. The summed E-state index contributed by atoms with van der Waals surface area (Å²) in [5.74, 6) is 0.714. The van der Waals surface area contributed by atoms with Crippen molar-refractivity contribution in [2.45, 2.75) is 25.8 Å². The van der Waals surface area contributed by atoms with Crippen LogP contribution in [0.3, 0.4) is 0 Å². The third kappa shape index (κ3) is 5.08. The van der Waals surface area contributed by atoms with E-state index in [-0.39, 0.29) is 17.9 Å². The molecule has 1 saturated heterocycles. The Bertz CT molecular complexity index is 695. The number of hydrogen-bond donors (Lipinski definition) is 2. The largest absolute Gasteiger partial charge is 0.467 e. The van der Waals surface area contributed by atoms with E-state index in [1.54, 1.807) is 29.6 Å². The second kappa shape index (κ2) is 9.03. The van der Waals surface area contributed by atoms with Crippen LogP contribution < -0.4 is 10.6 Å². The van der Waals surface area contributed by atoms with Crippen LogP contribution in [0.5, 0.6) is 0 Å². The number of likely N-dealkylation sites (tertiary alicyclic amines) is 1. The fourth-order valence-electron chi connectivity index (χ4n) is 3.05. The molecule has 0 unspecified atom stereocenters. The first-order chi connectivity index (χ1) is 12.7. The molecular formula is C19H24N4O3. The fourth-order valence-corrected chi connectivity index (χ4v) is 3.05. The zero-order valence-electron chi connectivity index (χ0n) is 14.7. The summed E-state index contributed by atoms with van der Waals surface area (Å²) in [6, 6.07) is 7.44. The standard InChI is InChI=1S/C19H24N4O3/c24-18(22-14-17-4-2-12-26-17)16-6-10-23(11-7-16)19(25)21-9-5-15-3-1-8-20-13-15/h1-4,8,12-13,16H,5-7,9-11,14H2,(H,21,25)(H,22,24). The van der Waals surface area contributed by atoms with Crippen LogP contribution in [0.2, 0.25) is 0 Å². The number of carbonyl (C=O) groups excluding carboxylic acids is 2. The molecule has 0 saturated carbocycles. The van der Waals surface area contributed by atoms with Gasteiger partial charge in [0.05, 0.1) is 12.8 Å². The number of hydrogen-bond acceptors (Lipinski definition) is 4. The Kier molecular flexibility index (Phi) is 6.24. The van der Waals surface area contributed by atoms with E-state index < -0.39 is 0 Å². The highest BCUT2D eigenvalue weighted by molar-refractivity contribution is 5.79. The van der Waals surface area contributed by atoms with Gasteiger partial charge in [0.15, 0.2) is 0 Å². The molecule has 7 nitrogen and oxygen atoms in total. The van der Waals surface area contributed by atoms with E-state index in [2.05, 4.69) is 15.6 Å². The summed E-state index contributed by atoms with van der Waals surface area (Å²) >= 11 is 0. The lowest BCUT2D eigenvalue weighted by Crippen LogP contribution is -2.47. The number of urea groups is 1. The number of rotatable bonds is 6. The number of carbonyl (C=O) groups is 2. The first-order valence-corrected chi connectivity index (χ1v) is 8.94. The van der Waals surface area contributed by atoms with Gasteiger partial charge in [-0.05, 0) is 43.0 Å². The molecule has 2 aromatic heterocycles. The Morgan fingerprint density at radius 1 is 1.19 bits per heavy atom. The molecule has 0 aliphatic carbocycles. The average molecular weight is 356 g/mol. The third-order valence-electron chi connectivity index (χ3n) is 4.58. The van der Waals surface area contributed by atoms with Gasteiger partial charge in [0.1, 0.15) is 5.76 Å². The van der Waals surface area contributed by atoms with Crippen molar-refractivity contribution in [3.63, 3.8) is 0 Å². The van der Waals surface area contributed by atoms with Gasteiger partial charge in [-0.2, -0.15) is 0 Å². The second-order valence-electron chi connectivity index (χ2n) is 6.40. The Morgan fingerprint density at radius 2 is 2.04 bits per heavy atom. The van der Waals surface area contributed by atoms with Crippen molar-refractivity contribution in [2.24, 2.45) is 5.92 Å². The Labute approximate surface area is 152 Å². The molecule has 0 atom stereocenters. The van der Waals surface area contributed by atoms with Crippen LogP contribution in [0.1, 0.15) is 24.2 Å². The molecule has 1 aliphatic heterocycles. The van der Waals surface area contributed by atoms with Crippen molar-refractivity contribution in [3.8, 4) is 0 Å². The van der Waals surface area contributed by atoms with E-state index in [1.165, 1.54) is 0 Å². The lowest BCUT2D eigenvalue weighted by atomic mass is 9.96. The summed E-state index contributed by atoms with van der Waals surface area (Å²) in [5.41, 5.74) is 1.10. The maximum Gasteiger partial charge on any atom is 0.317 e. The summed E-state index contributed by atoms with van der Waals surface area (Å²) in [6.07, 6.45) is 7.24. The maximum absolute atomic E-state index is 12.2. The van der Waals surface area contributed by atoms with Crippen LogP contribution in [0.4, 0.5) is 4.79 Å². The molecule has 138 valence electrons. The molecule has 0 radical (unpaired) electrons. The summed E-state index contributed by atoms with van der Waals surface area (Å²) in [7, 11) is 0. The Balaban J connectivity index is 1.34. The summed E-state index contributed by atoms with van der Waals surface area (Å²) in [6.45, 7) is 2.17. The molecule has 0 aromatic carbocycles. The number of pyridine rings is 1. The van der Waals surface area contributed by atoms with Crippen LogP contribution in [0.15, 0.2) is 47.3 Å². The van der Waals surface area contributed by atoms with Gasteiger partial charge in [0.2, 0.25) is 5.91 Å². The van der Waals surface area contributed by atoms with Crippen molar-refractivity contribution in [1.82, 2.24) is 20.5 Å². The topological polar surface area (TPSA) is 87.5 Å². The third-order valence-corrected chi connectivity index (χ3v) is 4.58. The van der Waals surface area contributed by atoms with Crippen LogP contribution in [-0.2, 0) is 17.8 Å². The van der Waals surface area contributed by atoms with Gasteiger partial charge in [-0.15, -0.1) is 0 Å². The van der Waals surface area contributed by atoms with Gasteiger partial charge < -0.3 is 20.0 Å². The smallest absolute Gasteiger partial charge is 0.317 e. The first-order valence-electron chi connectivity index (χ1n) is 8.94. The van der Waals surface area contributed by atoms with Crippen LogP contribution in [0, 0.1) is 5.92 Å². The molecule has 26 heavy (non-hydrogen) atoms. The van der Waals surface area contributed by atoms with Gasteiger partial charge in [-0.25, -0.2) is 4.79 Å². The van der Waals surface area contributed by atoms with Crippen molar-refractivity contribution >= 4 is 11.9 Å². The predicted molar refractivity (Wildman–Crippen MR) is 96.2 cm³/mol. The van der Waals surface area contributed by atoms with Crippen molar-refractivity contribution in [1.29, 1.82) is 0 Å².